The van der Waals surface area contributed by atoms with Crippen LogP contribution in [-0.4, -0.2) is 35.1 Å². The maximum atomic E-state index is 12.3. The number of nitrogens with one attached hydrogen (secondary N) is 1. The lowest BCUT2D eigenvalue weighted by atomic mass is 9.96. The SMILES string of the molecule is CCC(=O)NCC1Cc2nn(C)cc2N(c2ccc(OC(F)(F)F)cc2)C1. The van der Waals surface area contributed by atoms with E-state index in [2.05, 4.69) is 15.2 Å². The van der Waals surface area contributed by atoms with Gasteiger partial charge in [-0.15, -0.1) is 13.2 Å². The Balaban J connectivity index is 1.81. The second-order valence-corrected chi connectivity index (χ2v) is 6.51. The summed E-state index contributed by atoms with van der Waals surface area (Å²) in [4.78, 5) is 13.6. The number of carbonyl (C=O) groups is 1. The van der Waals surface area contributed by atoms with E-state index in [-0.39, 0.29) is 17.6 Å². The Hall–Kier alpha value is -2.71. The number of benzene rings is 1. The third kappa shape index (κ3) is 4.72. The molecule has 2 aromatic rings. The van der Waals surface area contributed by atoms with Crippen LogP contribution in [0.3, 0.4) is 0 Å². The molecular weight excluding hydrogens is 361 g/mol. The molecule has 3 rings (SSSR count). The third-order valence-corrected chi connectivity index (χ3v) is 4.39. The molecule has 1 N–H and O–H groups in total. The largest absolute Gasteiger partial charge is 0.573 e. The van der Waals surface area contributed by atoms with Crippen LogP contribution in [0.15, 0.2) is 30.5 Å². The summed E-state index contributed by atoms with van der Waals surface area (Å²) in [5.41, 5.74) is 2.56. The van der Waals surface area contributed by atoms with E-state index in [0.29, 0.717) is 19.5 Å². The van der Waals surface area contributed by atoms with Crippen molar-refractivity contribution in [3.63, 3.8) is 0 Å². The number of hydrogen-bond donors (Lipinski definition) is 1. The van der Waals surface area contributed by atoms with E-state index in [1.165, 1.54) is 12.1 Å². The second kappa shape index (κ2) is 7.50. The number of ether oxygens (including phenoxy) is 1. The number of nitrogens with zero attached hydrogens (tertiary/aromatic N) is 3. The number of hydrogen-bond acceptors (Lipinski definition) is 4. The molecule has 0 bridgehead atoms. The van der Waals surface area contributed by atoms with Gasteiger partial charge in [-0.2, -0.15) is 5.10 Å². The van der Waals surface area contributed by atoms with Crippen LogP contribution in [0, 0.1) is 5.92 Å². The van der Waals surface area contributed by atoms with Crippen molar-refractivity contribution in [2.75, 3.05) is 18.0 Å². The van der Waals surface area contributed by atoms with Gasteiger partial charge in [0, 0.05) is 38.4 Å². The Morgan fingerprint density at radius 3 is 2.67 bits per heavy atom. The second-order valence-electron chi connectivity index (χ2n) is 6.51. The molecular formula is C18H21F3N4O2. The number of aromatic nitrogens is 2. The summed E-state index contributed by atoms with van der Waals surface area (Å²) in [7, 11) is 1.82. The smallest absolute Gasteiger partial charge is 0.406 e. The highest BCUT2D eigenvalue weighted by molar-refractivity contribution is 5.75. The van der Waals surface area contributed by atoms with Crippen molar-refractivity contribution >= 4 is 17.3 Å². The fourth-order valence-corrected chi connectivity index (χ4v) is 3.18. The molecule has 1 aromatic carbocycles. The maximum Gasteiger partial charge on any atom is 0.573 e. The van der Waals surface area contributed by atoms with E-state index in [4.69, 9.17) is 0 Å². The van der Waals surface area contributed by atoms with E-state index in [9.17, 15) is 18.0 Å². The molecule has 2 heterocycles. The zero-order chi connectivity index (χ0) is 19.6. The molecule has 1 amide bonds. The number of carbonyl (C=O) groups excluding carboxylic acids is 1. The molecule has 0 aliphatic carbocycles. The molecule has 1 atom stereocenters. The van der Waals surface area contributed by atoms with Crippen LogP contribution in [0.4, 0.5) is 24.5 Å². The summed E-state index contributed by atoms with van der Waals surface area (Å²) in [6.45, 7) is 2.94. The van der Waals surface area contributed by atoms with Crippen LogP contribution < -0.4 is 15.0 Å². The average molecular weight is 382 g/mol. The van der Waals surface area contributed by atoms with Crippen LogP contribution in [-0.2, 0) is 18.3 Å². The molecule has 9 heteroatoms. The van der Waals surface area contributed by atoms with Crippen molar-refractivity contribution in [1.82, 2.24) is 15.1 Å². The van der Waals surface area contributed by atoms with E-state index >= 15 is 0 Å². The number of rotatable bonds is 5. The molecule has 0 spiro atoms. The van der Waals surface area contributed by atoms with Crippen molar-refractivity contribution in [3.05, 3.63) is 36.2 Å². The highest BCUT2D eigenvalue weighted by Crippen LogP contribution is 2.35. The van der Waals surface area contributed by atoms with Crippen LogP contribution >= 0.6 is 0 Å². The van der Waals surface area contributed by atoms with E-state index in [1.54, 1.807) is 23.7 Å². The Kier molecular flexibility index (Phi) is 5.29. The van der Waals surface area contributed by atoms with Gasteiger partial charge in [-0.1, -0.05) is 6.92 Å². The number of fused-ring (bicyclic) bond motifs is 1. The molecule has 0 saturated heterocycles. The van der Waals surface area contributed by atoms with Crippen molar-refractivity contribution in [3.8, 4) is 5.75 Å². The molecule has 1 aliphatic heterocycles. The van der Waals surface area contributed by atoms with Gasteiger partial charge in [0.1, 0.15) is 5.75 Å². The number of anilines is 2. The zero-order valence-electron chi connectivity index (χ0n) is 15.1. The topological polar surface area (TPSA) is 59.4 Å². The molecule has 1 aromatic heterocycles. The number of alkyl halides is 3. The highest BCUT2D eigenvalue weighted by atomic mass is 19.4. The van der Waals surface area contributed by atoms with E-state index < -0.39 is 6.36 Å². The predicted octanol–water partition coefficient (Wildman–Crippen LogP) is 3.16. The Morgan fingerprint density at radius 1 is 1.33 bits per heavy atom. The number of halogens is 3. The van der Waals surface area contributed by atoms with Gasteiger partial charge in [-0.25, -0.2) is 0 Å². The quantitative estimate of drug-likeness (QED) is 0.863. The summed E-state index contributed by atoms with van der Waals surface area (Å²) in [5.74, 6) is -0.127. The predicted molar refractivity (Wildman–Crippen MR) is 93.8 cm³/mol. The van der Waals surface area contributed by atoms with Crippen LogP contribution in [0.1, 0.15) is 19.0 Å². The van der Waals surface area contributed by atoms with Gasteiger partial charge in [-0.05, 0) is 36.6 Å². The molecule has 146 valence electrons. The van der Waals surface area contributed by atoms with E-state index in [0.717, 1.165) is 23.5 Å². The molecule has 27 heavy (non-hydrogen) atoms. The lowest BCUT2D eigenvalue weighted by molar-refractivity contribution is -0.274. The van der Waals surface area contributed by atoms with Crippen molar-refractivity contribution in [2.45, 2.75) is 26.1 Å². The lowest BCUT2D eigenvalue weighted by Crippen LogP contribution is -2.39. The Labute approximate surface area is 154 Å². The van der Waals surface area contributed by atoms with Gasteiger partial charge in [-0.3, -0.25) is 9.48 Å². The number of aryl methyl sites for hydroxylation is 1. The van der Waals surface area contributed by atoms with Crippen LogP contribution in [0.2, 0.25) is 0 Å². The Bertz CT molecular complexity index is 802. The van der Waals surface area contributed by atoms with Gasteiger partial charge < -0.3 is 15.0 Å². The van der Waals surface area contributed by atoms with Crippen LogP contribution in [0.5, 0.6) is 5.75 Å². The van der Waals surface area contributed by atoms with Gasteiger partial charge in [0.15, 0.2) is 0 Å². The summed E-state index contributed by atoms with van der Waals surface area (Å²) >= 11 is 0. The first kappa shape index (κ1) is 19.1. The van der Waals surface area contributed by atoms with Gasteiger partial charge in [0.25, 0.3) is 0 Å². The van der Waals surface area contributed by atoms with Crippen molar-refractivity contribution in [1.29, 1.82) is 0 Å². The molecule has 6 nitrogen and oxygen atoms in total. The first-order valence-electron chi connectivity index (χ1n) is 8.67. The summed E-state index contributed by atoms with van der Waals surface area (Å²) in [6, 6.07) is 5.76. The molecule has 1 aliphatic rings. The van der Waals surface area contributed by atoms with Gasteiger partial charge in [0.2, 0.25) is 5.91 Å². The summed E-state index contributed by atoms with van der Waals surface area (Å²) < 4.78 is 42.7. The minimum atomic E-state index is -4.72. The average Bonchev–Trinajstić information content (AvgIpc) is 2.98. The van der Waals surface area contributed by atoms with Crippen molar-refractivity contribution < 1.29 is 22.7 Å². The summed E-state index contributed by atoms with van der Waals surface area (Å²) in [5, 5.41) is 7.38. The van der Waals surface area contributed by atoms with Gasteiger partial charge in [0.05, 0.1) is 11.4 Å². The molecule has 1 unspecified atom stereocenters. The minimum absolute atomic E-state index is 0.0120. The fourth-order valence-electron chi connectivity index (χ4n) is 3.18. The fraction of sp³-hybridized carbons (Fsp3) is 0.444. The lowest BCUT2D eigenvalue weighted by Gasteiger charge is -2.33. The first-order valence-corrected chi connectivity index (χ1v) is 8.67. The molecule has 0 radical (unpaired) electrons. The summed E-state index contributed by atoms with van der Waals surface area (Å²) in [6.07, 6.45) is -1.68. The Morgan fingerprint density at radius 2 is 2.04 bits per heavy atom. The standard InChI is InChI=1S/C18H21F3N4O2/c1-3-17(26)22-9-12-8-15-16(11-24(2)23-15)25(10-12)13-4-6-14(7-5-13)27-18(19,20)21/h4-7,11-12H,3,8-10H2,1-2H3,(H,22,26). The maximum absolute atomic E-state index is 12.3. The number of amides is 1. The monoisotopic (exact) mass is 382 g/mol. The zero-order valence-corrected chi connectivity index (χ0v) is 15.1. The first-order chi connectivity index (χ1) is 12.7. The van der Waals surface area contributed by atoms with Crippen LogP contribution in [0.25, 0.3) is 0 Å². The van der Waals surface area contributed by atoms with Gasteiger partial charge >= 0.3 is 6.36 Å². The van der Waals surface area contributed by atoms with Crippen molar-refractivity contribution in [2.24, 2.45) is 13.0 Å². The van der Waals surface area contributed by atoms with E-state index in [1.807, 2.05) is 18.1 Å². The third-order valence-electron chi connectivity index (χ3n) is 4.39. The normalized spacial score (nSPS) is 16.8. The minimum Gasteiger partial charge on any atom is -0.406 e. The highest BCUT2D eigenvalue weighted by Gasteiger charge is 2.32. The molecule has 0 saturated carbocycles. The molecule has 0 fully saturated rings.